The summed E-state index contributed by atoms with van der Waals surface area (Å²) < 4.78 is 17.8. The van der Waals surface area contributed by atoms with Crippen LogP contribution in [-0.2, 0) is 11.3 Å². The summed E-state index contributed by atoms with van der Waals surface area (Å²) in [5.74, 6) is 2.64. The number of methoxy groups -OCH3 is 2. The van der Waals surface area contributed by atoms with Gasteiger partial charge in [-0.1, -0.05) is 6.07 Å². The monoisotopic (exact) mass is 353 g/mol. The predicted molar refractivity (Wildman–Crippen MR) is 94.7 cm³/mol. The first-order chi connectivity index (χ1) is 12.7. The number of hydrogen-bond acceptors (Lipinski definition) is 5. The Bertz CT molecular complexity index is 930. The van der Waals surface area contributed by atoms with E-state index in [9.17, 15) is 4.79 Å². The third-order valence-corrected chi connectivity index (χ3v) is 4.59. The largest absolute Gasteiger partial charge is 0.493 e. The fourth-order valence-corrected chi connectivity index (χ4v) is 3.31. The summed E-state index contributed by atoms with van der Waals surface area (Å²) in [4.78, 5) is 12.3. The second-order valence-electron chi connectivity index (χ2n) is 6.10. The molecule has 7 nitrogen and oxygen atoms in total. The molecule has 0 saturated carbocycles. The number of aromatic nitrogens is 2. The van der Waals surface area contributed by atoms with Crippen LogP contribution in [-0.4, -0.2) is 29.9 Å². The standard InChI is InChI=1S/C19H19N3O4/c1-24-16-6-5-12(8-17(16)25-2)14-9-18(23)21-19-15(14)10-20-22(19)11-13-4-3-7-26-13/h3-8,10,14H,9,11H2,1-2H3,(H,21,23)/t14-/m1/s1. The van der Waals surface area contributed by atoms with Crippen LogP contribution < -0.4 is 14.8 Å². The van der Waals surface area contributed by atoms with Gasteiger partial charge >= 0.3 is 0 Å². The fraction of sp³-hybridized carbons (Fsp3) is 0.263. The summed E-state index contributed by atoms with van der Waals surface area (Å²) in [5.41, 5.74) is 1.96. The molecule has 1 atom stereocenters. The SMILES string of the molecule is COc1ccc([C@H]2CC(=O)Nc3c2cnn3Cc2ccco2)cc1OC. The van der Waals surface area contributed by atoms with Crippen LogP contribution in [0.1, 0.15) is 29.2 Å². The number of furan rings is 1. The molecule has 0 aliphatic carbocycles. The van der Waals surface area contributed by atoms with Gasteiger partial charge in [0.1, 0.15) is 18.1 Å². The van der Waals surface area contributed by atoms with E-state index in [0.29, 0.717) is 30.3 Å². The van der Waals surface area contributed by atoms with Gasteiger partial charge < -0.3 is 19.2 Å². The molecule has 0 bridgehead atoms. The van der Waals surface area contributed by atoms with Gasteiger partial charge in [-0.25, -0.2) is 4.68 Å². The molecule has 2 aromatic heterocycles. The minimum Gasteiger partial charge on any atom is -0.493 e. The van der Waals surface area contributed by atoms with Gasteiger partial charge in [-0.3, -0.25) is 4.79 Å². The van der Waals surface area contributed by atoms with Gasteiger partial charge in [0.2, 0.25) is 5.91 Å². The molecule has 0 unspecified atom stereocenters. The maximum atomic E-state index is 12.3. The van der Waals surface area contributed by atoms with Crippen molar-refractivity contribution in [3.05, 3.63) is 59.7 Å². The molecule has 0 spiro atoms. The molecule has 1 N–H and O–H groups in total. The zero-order chi connectivity index (χ0) is 18.1. The van der Waals surface area contributed by atoms with E-state index in [-0.39, 0.29) is 11.8 Å². The lowest BCUT2D eigenvalue weighted by Gasteiger charge is -2.24. The number of nitrogens with one attached hydrogen (secondary N) is 1. The van der Waals surface area contributed by atoms with E-state index < -0.39 is 0 Å². The molecule has 1 aliphatic rings. The Balaban J connectivity index is 1.72. The van der Waals surface area contributed by atoms with Crippen LogP contribution in [0.15, 0.2) is 47.2 Å². The first-order valence-corrected chi connectivity index (χ1v) is 8.29. The molecular weight excluding hydrogens is 334 g/mol. The smallest absolute Gasteiger partial charge is 0.226 e. The molecular formula is C19H19N3O4. The average Bonchev–Trinajstić information content (AvgIpc) is 3.31. The van der Waals surface area contributed by atoms with Gasteiger partial charge in [0.15, 0.2) is 11.5 Å². The zero-order valence-corrected chi connectivity index (χ0v) is 14.6. The third-order valence-electron chi connectivity index (χ3n) is 4.59. The lowest BCUT2D eigenvalue weighted by molar-refractivity contribution is -0.116. The van der Waals surface area contributed by atoms with E-state index in [1.807, 2.05) is 30.3 Å². The Morgan fingerprint density at radius 1 is 1.27 bits per heavy atom. The van der Waals surface area contributed by atoms with E-state index >= 15 is 0 Å². The minimum absolute atomic E-state index is 0.0431. The van der Waals surface area contributed by atoms with E-state index in [2.05, 4.69) is 10.4 Å². The van der Waals surface area contributed by atoms with E-state index in [0.717, 1.165) is 16.9 Å². The van der Waals surface area contributed by atoms with Gasteiger partial charge in [0.05, 0.1) is 26.7 Å². The lowest BCUT2D eigenvalue weighted by atomic mass is 9.87. The summed E-state index contributed by atoms with van der Waals surface area (Å²) in [6.45, 7) is 0.460. The van der Waals surface area contributed by atoms with Crippen molar-refractivity contribution in [2.45, 2.75) is 18.9 Å². The van der Waals surface area contributed by atoms with Crippen LogP contribution in [0.25, 0.3) is 0 Å². The predicted octanol–water partition coefficient (Wildman–Crippen LogP) is 3.02. The molecule has 1 amide bonds. The summed E-state index contributed by atoms with van der Waals surface area (Å²) in [7, 11) is 3.20. The number of anilines is 1. The van der Waals surface area contributed by atoms with Crippen LogP contribution in [0.3, 0.4) is 0 Å². The van der Waals surface area contributed by atoms with Crippen molar-refractivity contribution in [1.82, 2.24) is 9.78 Å². The van der Waals surface area contributed by atoms with Crippen molar-refractivity contribution < 1.29 is 18.7 Å². The second-order valence-corrected chi connectivity index (χ2v) is 6.10. The van der Waals surface area contributed by atoms with Crippen molar-refractivity contribution in [2.75, 3.05) is 19.5 Å². The van der Waals surface area contributed by atoms with Crippen molar-refractivity contribution in [2.24, 2.45) is 0 Å². The Hall–Kier alpha value is -3.22. The van der Waals surface area contributed by atoms with Gasteiger partial charge in [0.25, 0.3) is 0 Å². The summed E-state index contributed by atoms with van der Waals surface area (Å²) in [6, 6.07) is 9.43. The lowest BCUT2D eigenvalue weighted by Crippen LogP contribution is -2.25. The second kappa shape index (κ2) is 6.59. The molecule has 1 aromatic carbocycles. The van der Waals surface area contributed by atoms with Crippen LogP contribution in [0.2, 0.25) is 0 Å². The normalized spacial score (nSPS) is 16.1. The molecule has 0 fully saturated rings. The molecule has 3 heterocycles. The van der Waals surface area contributed by atoms with Crippen LogP contribution in [0, 0.1) is 0 Å². The highest BCUT2D eigenvalue weighted by molar-refractivity contribution is 5.94. The Morgan fingerprint density at radius 2 is 2.12 bits per heavy atom. The Morgan fingerprint density at radius 3 is 2.85 bits per heavy atom. The van der Waals surface area contributed by atoms with Gasteiger partial charge in [-0.05, 0) is 29.8 Å². The molecule has 0 saturated heterocycles. The number of carbonyl (C=O) groups is 1. The number of rotatable bonds is 5. The van der Waals surface area contributed by atoms with Crippen LogP contribution in [0.5, 0.6) is 11.5 Å². The van der Waals surface area contributed by atoms with E-state index in [1.165, 1.54) is 0 Å². The Kier molecular flexibility index (Phi) is 4.12. The Labute approximate surface area is 150 Å². The van der Waals surface area contributed by atoms with Crippen LogP contribution in [0.4, 0.5) is 5.82 Å². The molecule has 4 rings (SSSR count). The highest BCUT2D eigenvalue weighted by atomic mass is 16.5. The number of ether oxygens (including phenoxy) is 2. The van der Waals surface area contributed by atoms with E-state index in [4.69, 9.17) is 13.9 Å². The number of fused-ring (bicyclic) bond motifs is 1. The van der Waals surface area contributed by atoms with Crippen molar-refractivity contribution in [3.8, 4) is 11.5 Å². The highest BCUT2D eigenvalue weighted by Gasteiger charge is 2.30. The molecule has 3 aromatic rings. The maximum absolute atomic E-state index is 12.3. The number of nitrogens with zero attached hydrogens (tertiary/aromatic N) is 2. The third kappa shape index (κ3) is 2.81. The van der Waals surface area contributed by atoms with Crippen molar-refractivity contribution in [1.29, 1.82) is 0 Å². The van der Waals surface area contributed by atoms with E-state index in [1.54, 1.807) is 31.4 Å². The highest BCUT2D eigenvalue weighted by Crippen LogP contribution is 2.40. The number of hydrogen-bond donors (Lipinski definition) is 1. The molecule has 1 aliphatic heterocycles. The molecule has 134 valence electrons. The van der Waals surface area contributed by atoms with Gasteiger partial charge in [0, 0.05) is 17.9 Å². The van der Waals surface area contributed by atoms with Gasteiger partial charge in [-0.15, -0.1) is 0 Å². The van der Waals surface area contributed by atoms with Crippen molar-refractivity contribution >= 4 is 11.7 Å². The zero-order valence-electron chi connectivity index (χ0n) is 14.6. The average molecular weight is 353 g/mol. The quantitative estimate of drug-likeness (QED) is 0.763. The number of benzene rings is 1. The van der Waals surface area contributed by atoms with Crippen LogP contribution >= 0.6 is 0 Å². The number of amides is 1. The van der Waals surface area contributed by atoms with Crippen molar-refractivity contribution in [3.63, 3.8) is 0 Å². The summed E-state index contributed by atoms with van der Waals surface area (Å²) >= 11 is 0. The first-order valence-electron chi connectivity index (χ1n) is 8.29. The minimum atomic E-state index is -0.0936. The number of carbonyl (C=O) groups excluding carboxylic acids is 1. The van der Waals surface area contributed by atoms with Gasteiger partial charge in [-0.2, -0.15) is 5.10 Å². The summed E-state index contributed by atoms with van der Waals surface area (Å²) in [5, 5.41) is 7.38. The molecule has 7 heteroatoms. The maximum Gasteiger partial charge on any atom is 0.226 e. The summed E-state index contributed by atoms with van der Waals surface area (Å²) in [6.07, 6.45) is 3.78. The topological polar surface area (TPSA) is 78.5 Å². The fourth-order valence-electron chi connectivity index (χ4n) is 3.31. The first kappa shape index (κ1) is 16.3. The molecule has 26 heavy (non-hydrogen) atoms. The molecule has 0 radical (unpaired) electrons.